The van der Waals surface area contributed by atoms with Crippen LogP contribution in [0, 0.1) is 73.9 Å². The first-order chi connectivity index (χ1) is 20.3. The molecular formula is C39H60O5. The molecule has 6 aliphatic rings. The summed E-state index contributed by atoms with van der Waals surface area (Å²) in [6.07, 6.45) is 10.7. The van der Waals surface area contributed by atoms with Crippen molar-refractivity contribution in [3.8, 4) is 0 Å². The number of hydrogen-bond acceptors (Lipinski definition) is 4. The number of rotatable bonds is 5. The average molecular weight is 609 g/mol. The number of fused-ring (bicyclic) bond motifs is 7. The van der Waals surface area contributed by atoms with E-state index in [1.54, 1.807) is 6.92 Å². The number of Topliss-reactive ketones (excluding diaryl/α,β-unsaturated/α-hetero) is 1. The minimum Gasteiger partial charge on any atom is -0.481 e. The van der Waals surface area contributed by atoms with E-state index < -0.39 is 11.4 Å². The number of esters is 1. The highest BCUT2D eigenvalue weighted by molar-refractivity contribution is 5.85. The minimum absolute atomic E-state index is 0.0504. The molecule has 1 N–H and O–H groups in total. The van der Waals surface area contributed by atoms with Gasteiger partial charge in [-0.05, 0) is 136 Å². The van der Waals surface area contributed by atoms with Crippen molar-refractivity contribution in [1.29, 1.82) is 0 Å². The van der Waals surface area contributed by atoms with Gasteiger partial charge in [0, 0.05) is 11.3 Å². The van der Waals surface area contributed by atoms with Gasteiger partial charge < -0.3 is 9.84 Å². The van der Waals surface area contributed by atoms with E-state index in [0.29, 0.717) is 30.1 Å². The lowest BCUT2D eigenvalue weighted by Gasteiger charge is -2.72. The van der Waals surface area contributed by atoms with Crippen molar-refractivity contribution < 1.29 is 24.2 Å². The minimum atomic E-state index is -0.582. The molecule has 0 aromatic carbocycles. The smallest absolute Gasteiger partial charge is 0.309 e. The Morgan fingerprint density at radius 3 is 2.00 bits per heavy atom. The molecule has 0 heterocycles. The number of aliphatic carboxylic acids is 1. The molecule has 6 saturated carbocycles. The number of carbonyl (C=O) groups is 3. The Morgan fingerprint density at radius 2 is 1.41 bits per heavy atom. The van der Waals surface area contributed by atoms with Crippen molar-refractivity contribution >= 4 is 17.7 Å². The zero-order chi connectivity index (χ0) is 32.4. The monoisotopic (exact) mass is 608 g/mol. The van der Waals surface area contributed by atoms with Crippen molar-refractivity contribution in [2.75, 3.05) is 0 Å². The van der Waals surface area contributed by atoms with E-state index in [1.807, 2.05) is 13.8 Å². The van der Waals surface area contributed by atoms with E-state index in [-0.39, 0.29) is 62.7 Å². The van der Waals surface area contributed by atoms with Gasteiger partial charge in [-0.25, -0.2) is 0 Å². The van der Waals surface area contributed by atoms with Gasteiger partial charge in [0.1, 0.15) is 11.9 Å². The molecule has 246 valence electrons. The predicted molar refractivity (Wildman–Crippen MR) is 173 cm³/mol. The lowest BCUT2D eigenvalue weighted by Crippen LogP contribution is -2.67. The Morgan fingerprint density at radius 1 is 0.727 bits per heavy atom. The maximum Gasteiger partial charge on any atom is 0.309 e. The van der Waals surface area contributed by atoms with Gasteiger partial charge in [-0.2, -0.15) is 0 Å². The highest BCUT2D eigenvalue weighted by atomic mass is 16.5. The molecule has 0 unspecified atom stereocenters. The van der Waals surface area contributed by atoms with Gasteiger partial charge >= 0.3 is 11.9 Å². The van der Waals surface area contributed by atoms with Crippen LogP contribution in [0.5, 0.6) is 0 Å². The van der Waals surface area contributed by atoms with Gasteiger partial charge in [-0.15, -0.1) is 0 Å². The van der Waals surface area contributed by atoms with Crippen molar-refractivity contribution in [2.24, 2.45) is 73.9 Å². The molecule has 5 nitrogen and oxygen atoms in total. The molecule has 44 heavy (non-hydrogen) atoms. The lowest BCUT2D eigenvalue weighted by atomic mass is 9.32. The maximum absolute atomic E-state index is 13.5. The van der Waals surface area contributed by atoms with Gasteiger partial charge in [0.25, 0.3) is 0 Å². The fourth-order valence-corrected chi connectivity index (χ4v) is 13.9. The first-order valence-electron chi connectivity index (χ1n) is 17.9. The molecule has 0 aromatic heterocycles. The van der Waals surface area contributed by atoms with Crippen LogP contribution in [0.15, 0.2) is 12.2 Å². The molecule has 5 heteroatoms. The number of ether oxygens (including phenoxy) is 1. The van der Waals surface area contributed by atoms with Crippen LogP contribution < -0.4 is 0 Å². The Bertz CT molecular complexity index is 1260. The topological polar surface area (TPSA) is 80.7 Å². The largest absolute Gasteiger partial charge is 0.481 e. The zero-order valence-electron chi connectivity index (χ0n) is 29.2. The number of hydrogen-bond donors (Lipinski definition) is 1. The third-order valence-corrected chi connectivity index (χ3v) is 16.7. The molecule has 0 amide bonds. The summed E-state index contributed by atoms with van der Waals surface area (Å²) in [7, 11) is 0. The number of carboxylic acids is 1. The summed E-state index contributed by atoms with van der Waals surface area (Å²) in [6, 6.07) is 0. The maximum atomic E-state index is 13.5. The third kappa shape index (κ3) is 3.98. The van der Waals surface area contributed by atoms with Crippen molar-refractivity contribution in [2.45, 2.75) is 139 Å². The first-order valence-corrected chi connectivity index (χ1v) is 17.9. The predicted octanol–water partition coefficient (Wildman–Crippen LogP) is 8.89. The van der Waals surface area contributed by atoms with E-state index in [9.17, 15) is 19.5 Å². The zero-order valence-corrected chi connectivity index (χ0v) is 29.2. The van der Waals surface area contributed by atoms with Crippen molar-refractivity contribution in [1.82, 2.24) is 0 Å². The molecule has 6 aliphatic carbocycles. The quantitative estimate of drug-likeness (QED) is 0.249. The molecule has 0 aliphatic heterocycles. The second kappa shape index (κ2) is 9.93. The Labute approximate surface area is 266 Å². The summed E-state index contributed by atoms with van der Waals surface area (Å²) in [5, 5.41) is 10.6. The summed E-state index contributed by atoms with van der Waals surface area (Å²) in [6.45, 7) is 24.7. The van der Waals surface area contributed by atoms with E-state index >= 15 is 0 Å². The Balaban J connectivity index is 1.25. The standard InChI is InChI=1S/C39H60O5/c1-22(2)24-13-18-39(33(42)43)20-19-37(9)25(31(24)39)11-12-29-36(8)16-15-30(35(6,7)28(36)14-17-38(29,37)10)44-32(41)27-21-26(23(3)40)34(27,4)5/h24-31H,1,11-21H2,2-10H3,(H,42,43)/t24-,25+,26-,27+,28-,29+,30-,31+,36-,37+,38+,39-/m0/s1. The number of carbonyl (C=O) groups excluding carboxylic acids is 2. The van der Waals surface area contributed by atoms with Gasteiger partial charge in [-0.1, -0.05) is 60.6 Å². The van der Waals surface area contributed by atoms with Crippen molar-refractivity contribution in [3.63, 3.8) is 0 Å². The Kier molecular flexibility index (Phi) is 7.29. The number of carboxylic acid groups (broad SMARTS) is 1. The van der Waals surface area contributed by atoms with Crippen LogP contribution in [0.4, 0.5) is 0 Å². The first kappa shape index (κ1) is 32.3. The van der Waals surface area contributed by atoms with Gasteiger partial charge in [0.15, 0.2) is 0 Å². The number of ketones is 1. The molecule has 0 bridgehead atoms. The van der Waals surface area contributed by atoms with Gasteiger partial charge in [0.2, 0.25) is 0 Å². The SMILES string of the molecule is C=C(C)[C@@H]1CC[C@]2(C(=O)O)CC[C@]3(C)[C@H](CC[C@@H]4[C@@]5(C)CC[C@H](OC(=O)[C@H]6C[C@@H](C(C)=O)C6(C)C)C(C)(C)[C@@H]5CC[C@]43C)[C@@H]12. The molecule has 6 fully saturated rings. The molecule has 0 aromatic rings. The lowest BCUT2D eigenvalue weighted by molar-refractivity contribution is -0.252. The number of allylic oxidation sites excluding steroid dienone is 1. The van der Waals surface area contributed by atoms with Gasteiger partial charge in [0.05, 0.1) is 11.3 Å². The van der Waals surface area contributed by atoms with Crippen LogP contribution in [-0.4, -0.2) is 28.9 Å². The summed E-state index contributed by atoms with van der Waals surface area (Å²) in [4.78, 5) is 38.6. The van der Waals surface area contributed by atoms with Crippen LogP contribution in [0.25, 0.3) is 0 Å². The summed E-state index contributed by atoms with van der Waals surface area (Å²) >= 11 is 0. The van der Waals surface area contributed by atoms with E-state index in [1.165, 1.54) is 12.0 Å². The second-order valence-corrected chi connectivity index (χ2v) is 18.7. The van der Waals surface area contributed by atoms with Crippen LogP contribution in [0.3, 0.4) is 0 Å². The van der Waals surface area contributed by atoms with Crippen molar-refractivity contribution in [3.05, 3.63) is 12.2 Å². The summed E-state index contributed by atoms with van der Waals surface area (Å²) < 4.78 is 6.44. The van der Waals surface area contributed by atoms with E-state index in [4.69, 9.17) is 4.74 Å². The average Bonchev–Trinajstić information content (AvgIpc) is 3.31. The molecule has 0 saturated heterocycles. The van der Waals surface area contributed by atoms with Crippen LogP contribution in [0.2, 0.25) is 0 Å². The Hall–Kier alpha value is -1.65. The van der Waals surface area contributed by atoms with E-state index in [0.717, 1.165) is 57.8 Å². The highest BCUT2D eigenvalue weighted by Crippen LogP contribution is 2.77. The second-order valence-electron chi connectivity index (χ2n) is 18.7. The summed E-state index contributed by atoms with van der Waals surface area (Å²) in [5.74, 6) is 1.25. The normalized spacial score (nSPS) is 50.1. The van der Waals surface area contributed by atoms with Crippen LogP contribution in [0.1, 0.15) is 133 Å². The molecular weight excluding hydrogens is 548 g/mol. The molecule has 0 spiro atoms. The molecule has 0 radical (unpaired) electrons. The molecule has 6 rings (SSSR count). The van der Waals surface area contributed by atoms with E-state index in [2.05, 4.69) is 48.1 Å². The fraction of sp³-hybridized carbons (Fsp3) is 0.872. The molecule has 12 atom stereocenters. The third-order valence-electron chi connectivity index (χ3n) is 16.7. The van der Waals surface area contributed by atoms with Gasteiger partial charge in [-0.3, -0.25) is 14.4 Å². The highest BCUT2D eigenvalue weighted by Gasteiger charge is 2.72. The van der Waals surface area contributed by atoms with Crippen LogP contribution in [-0.2, 0) is 19.1 Å². The fourth-order valence-electron chi connectivity index (χ4n) is 13.9. The summed E-state index contributed by atoms with van der Waals surface area (Å²) in [5.41, 5.74) is 0.569. The van der Waals surface area contributed by atoms with Crippen LogP contribution >= 0.6 is 0 Å².